The van der Waals surface area contributed by atoms with E-state index in [2.05, 4.69) is 5.32 Å². The van der Waals surface area contributed by atoms with Crippen molar-refractivity contribution in [1.29, 1.82) is 0 Å². The zero-order valence-corrected chi connectivity index (χ0v) is 15.7. The number of hydrogen-bond acceptors (Lipinski definition) is 4. The lowest BCUT2D eigenvalue weighted by molar-refractivity contribution is -0.113. The summed E-state index contributed by atoms with van der Waals surface area (Å²) < 4.78 is 11.1. The van der Waals surface area contributed by atoms with Crippen LogP contribution in [0, 0.1) is 0 Å². The second kappa shape index (κ2) is 8.14. The highest BCUT2D eigenvalue weighted by molar-refractivity contribution is 6.33. The molecule has 0 unspecified atom stereocenters. The number of hydrogen-bond donors (Lipinski definition) is 1. The van der Waals surface area contributed by atoms with Gasteiger partial charge in [0.15, 0.2) is 11.5 Å². The molecule has 0 saturated carbocycles. The normalized spacial score (nSPS) is 15.2. The van der Waals surface area contributed by atoms with Crippen molar-refractivity contribution in [2.45, 2.75) is 13.8 Å². The number of benzene rings is 2. The lowest BCUT2D eigenvalue weighted by atomic mass is 10.1. The van der Waals surface area contributed by atoms with Crippen LogP contribution in [0.2, 0.25) is 5.02 Å². The van der Waals surface area contributed by atoms with Crippen molar-refractivity contribution in [3.05, 3.63) is 58.7 Å². The number of ether oxygens (including phenoxy) is 2. The fourth-order valence-electron chi connectivity index (χ4n) is 2.70. The molecule has 1 fully saturated rings. The molecule has 3 rings (SSSR count). The summed E-state index contributed by atoms with van der Waals surface area (Å²) in [4.78, 5) is 26.0. The Labute approximate surface area is 162 Å². The largest absolute Gasteiger partial charge is 0.490 e. The topological polar surface area (TPSA) is 67.9 Å². The zero-order chi connectivity index (χ0) is 19.4. The number of imide groups is 1. The third kappa shape index (κ3) is 3.90. The molecular formula is C20H19ClN2O4. The standard InChI is InChI=1S/C20H19ClN2O4/c1-3-26-17-11-13(15(21)12-18(17)27-4-2)10-16-19(24)23(20(25)22-16)14-8-6-5-7-9-14/h5-12H,3-4H2,1-2H3,(H,22,25). The van der Waals surface area contributed by atoms with E-state index in [-0.39, 0.29) is 5.70 Å². The van der Waals surface area contributed by atoms with Crippen LogP contribution in [-0.4, -0.2) is 25.2 Å². The van der Waals surface area contributed by atoms with E-state index in [1.54, 1.807) is 36.4 Å². The van der Waals surface area contributed by atoms with Crippen molar-refractivity contribution in [1.82, 2.24) is 5.32 Å². The molecule has 0 bridgehead atoms. The summed E-state index contributed by atoms with van der Waals surface area (Å²) in [5.41, 5.74) is 1.18. The van der Waals surface area contributed by atoms with E-state index < -0.39 is 11.9 Å². The van der Waals surface area contributed by atoms with E-state index in [4.69, 9.17) is 21.1 Å². The number of nitrogens with zero attached hydrogens (tertiary/aromatic N) is 1. The Morgan fingerprint density at radius 3 is 2.30 bits per heavy atom. The van der Waals surface area contributed by atoms with E-state index in [1.165, 1.54) is 6.08 Å². The average Bonchev–Trinajstić information content (AvgIpc) is 2.93. The highest BCUT2D eigenvalue weighted by atomic mass is 35.5. The predicted octanol–water partition coefficient (Wildman–Crippen LogP) is 4.23. The van der Waals surface area contributed by atoms with Gasteiger partial charge in [0.1, 0.15) is 5.70 Å². The first-order valence-electron chi connectivity index (χ1n) is 8.56. The van der Waals surface area contributed by atoms with Gasteiger partial charge in [-0.1, -0.05) is 29.8 Å². The lowest BCUT2D eigenvalue weighted by Gasteiger charge is -2.13. The molecule has 27 heavy (non-hydrogen) atoms. The van der Waals surface area contributed by atoms with Crippen LogP contribution >= 0.6 is 11.6 Å². The quantitative estimate of drug-likeness (QED) is 0.595. The van der Waals surface area contributed by atoms with E-state index in [9.17, 15) is 9.59 Å². The number of rotatable bonds is 6. The molecule has 0 radical (unpaired) electrons. The van der Waals surface area contributed by atoms with E-state index in [1.807, 2.05) is 19.9 Å². The number of amides is 3. The minimum absolute atomic E-state index is 0.136. The van der Waals surface area contributed by atoms with Crippen LogP contribution in [0.3, 0.4) is 0 Å². The zero-order valence-electron chi connectivity index (χ0n) is 15.0. The predicted molar refractivity (Wildman–Crippen MR) is 104 cm³/mol. The first-order chi connectivity index (χ1) is 13.0. The molecule has 0 aromatic heterocycles. The summed E-state index contributed by atoms with van der Waals surface area (Å²) in [5.74, 6) is 0.598. The van der Waals surface area contributed by atoms with Gasteiger partial charge in [0.05, 0.1) is 23.9 Å². The Hall–Kier alpha value is -2.99. The van der Waals surface area contributed by atoms with E-state index >= 15 is 0 Å². The lowest BCUT2D eigenvalue weighted by Crippen LogP contribution is -2.30. The number of para-hydroxylation sites is 1. The molecule has 140 valence electrons. The monoisotopic (exact) mass is 386 g/mol. The number of carbonyl (C=O) groups excluding carboxylic acids is 2. The van der Waals surface area contributed by atoms with Crippen LogP contribution in [0.15, 0.2) is 48.2 Å². The number of anilines is 1. The molecule has 3 amide bonds. The molecule has 0 spiro atoms. The summed E-state index contributed by atoms with van der Waals surface area (Å²) in [7, 11) is 0. The summed E-state index contributed by atoms with van der Waals surface area (Å²) >= 11 is 6.34. The molecule has 1 saturated heterocycles. The highest BCUT2D eigenvalue weighted by Crippen LogP contribution is 2.35. The van der Waals surface area contributed by atoms with Crippen LogP contribution in [0.25, 0.3) is 6.08 Å². The minimum Gasteiger partial charge on any atom is -0.490 e. The van der Waals surface area contributed by atoms with Crippen LogP contribution in [0.5, 0.6) is 11.5 Å². The molecule has 1 aliphatic rings. The second-order valence-electron chi connectivity index (χ2n) is 5.65. The fraction of sp³-hybridized carbons (Fsp3) is 0.200. The van der Waals surface area contributed by atoms with Crippen LogP contribution in [-0.2, 0) is 4.79 Å². The first-order valence-corrected chi connectivity index (χ1v) is 8.94. The fourth-order valence-corrected chi connectivity index (χ4v) is 2.91. The van der Waals surface area contributed by atoms with Crippen LogP contribution in [0.4, 0.5) is 10.5 Å². The van der Waals surface area contributed by atoms with Crippen LogP contribution < -0.4 is 19.7 Å². The molecular weight excluding hydrogens is 368 g/mol. The summed E-state index contributed by atoms with van der Waals surface area (Å²) in [5, 5.41) is 2.97. The number of nitrogens with one attached hydrogen (secondary N) is 1. The van der Waals surface area contributed by atoms with Crippen molar-refractivity contribution in [3.63, 3.8) is 0 Å². The summed E-state index contributed by atoms with van der Waals surface area (Å²) in [6.07, 6.45) is 1.53. The molecule has 0 aliphatic carbocycles. The number of urea groups is 1. The molecule has 1 N–H and O–H groups in total. The smallest absolute Gasteiger partial charge is 0.333 e. The molecule has 1 heterocycles. The molecule has 0 atom stereocenters. The Kier molecular flexibility index (Phi) is 5.66. The molecule has 2 aromatic rings. The minimum atomic E-state index is -0.510. The maximum atomic E-state index is 12.7. The van der Waals surface area contributed by atoms with Crippen molar-refractivity contribution in [2.75, 3.05) is 18.1 Å². The van der Waals surface area contributed by atoms with Crippen LogP contribution in [0.1, 0.15) is 19.4 Å². The molecule has 1 aliphatic heterocycles. The van der Waals surface area contributed by atoms with Gasteiger partial charge in [0.25, 0.3) is 5.91 Å². The number of halogens is 1. The molecule has 2 aromatic carbocycles. The Morgan fingerprint density at radius 1 is 1.04 bits per heavy atom. The van der Waals surface area contributed by atoms with Crippen molar-refractivity contribution < 1.29 is 19.1 Å². The van der Waals surface area contributed by atoms with Crippen molar-refractivity contribution in [2.24, 2.45) is 0 Å². The average molecular weight is 387 g/mol. The Morgan fingerprint density at radius 2 is 1.67 bits per heavy atom. The first kappa shape index (κ1) is 18.8. The summed E-state index contributed by atoms with van der Waals surface area (Å²) in [6, 6.07) is 11.5. The van der Waals surface area contributed by atoms with Gasteiger partial charge >= 0.3 is 6.03 Å². The third-order valence-electron chi connectivity index (χ3n) is 3.86. The maximum Gasteiger partial charge on any atom is 0.333 e. The molecule has 6 nitrogen and oxygen atoms in total. The van der Waals surface area contributed by atoms with E-state index in [0.29, 0.717) is 41.0 Å². The Bertz CT molecular complexity index is 896. The van der Waals surface area contributed by atoms with Gasteiger partial charge in [-0.15, -0.1) is 0 Å². The third-order valence-corrected chi connectivity index (χ3v) is 4.18. The maximum absolute atomic E-state index is 12.7. The van der Waals surface area contributed by atoms with Gasteiger partial charge in [-0.3, -0.25) is 4.79 Å². The van der Waals surface area contributed by atoms with Gasteiger partial charge in [0.2, 0.25) is 0 Å². The SMILES string of the molecule is CCOc1cc(Cl)c(C=C2NC(=O)N(c3ccccc3)C2=O)cc1OCC. The number of carbonyl (C=O) groups is 2. The van der Waals surface area contributed by atoms with Gasteiger partial charge < -0.3 is 14.8 Å². The van der Waals surface area contributed by atoms with E-state index in [0.717, 1.165) is 4.90 Å². The highest BCUT2D eigenvalue weighted by Gasteiger charge is 2.34. The summed E-state index contributed by atoms with van der Waals surface area (Å²) in [6.45, 7) is 4.65. The van der Waals surface area contributed by atoms with Gasteiger partial charge in [-0.05, 0) is 43.7 Å². The van der Waals surface area contributed by atoms with Crippen molar-refractivity contribution in [3.8, 4) is 11.5 Å². The second-order valence-corrected chi connectivity index (χ2v) is 6.06. The van der Waals surface area contributed by atoms with Gasteiger partial charge in [-0.2, -0.15) is 0 Å². The molecule has 7 heteroatoms. The van der Waals surface area contributed by atoms with Gasteiger partial charge in [-0.25, -0.2) is 9.69 Å². The van der Waals surface area contributed by atoms with Gasteiger partial charge in [0, 0.05) is 6.07 Å². The Balaban J connectivity index is 1.96. The van der Waals surface area contributed by atoms with Crippen molar-refractivity contribution >= 4 is 35.3 Å².